The van der Waals surface area contributed by atoms with Crippen molar-refractivity contribution in [1.82, 2.24) is 0 Å². The van der Waals surface area contributed by atoms with E-state index in [0.717, 1.165) is 18.4 Å². The zero-order valence-corrected chi connectivity index (χ0v) is 15.8. The van der Waals surface area contributed by atoms with Crippen molar-refractivity contribution in [1.29, 1.82) is 0 Å². The Morgan fingerprint density at radius 2 is 2.00 bits per heavy atom. The molecule has 130 valence electrons. The number of fused-ring (bicyclic) bond motifs is 1. The van der Waals surface area contributed by atoms with E-state index in [1.165, 1.54) is 31.8 Å². The van der Waals surface area contributed by atoms with E-state index in [1.54, 1.807) is 5.57 Å². The van der Waals surface area contributed by atoms with Crippen molar-refractivity contribution in [2.75, 3.05) is 0 Å². The second-order valence-electron chi connectivity index (χ2n) is 8.78. The molecule has 0 amide bonds. The van der Waals surface area contributed by atoms with Gasteiger partial charge in [0.05, 0.1) is 0 Å². The zero-order valence-electron chi connectivity index (χ0n) is 15.8. The lowest BCUT2D eigenvalue weighted by atomic mass is 9.39. The Kier molecular flexibility index (Phi) is 4.86. The molecule has 1 fully saturated rings. The van der Waals surface area contributed by atoms with Gasteiger partial charge in [0.25, 0.3) is 0 Å². The minimum atomic E-state index is -0.822. The van der Waals surface area contributed by atoms with E-state index in [-0.39, 0.29) is 10.8 Å². The molecule has 1 N–H and O–H groups in total. The Bertz CT molecular complexity index is 544. The Morgan fingerprint density at radius 1 is 1.35 bits per heavy atom. The highest BCUT2D eigenvalue weighted by Gasteiger charge is 2.60. The number of carboxylic acid groups (broad SMARTS) is 1. The van der Waals surface area contributed by atoms with Crippen molar-refractivity contribution in [2.45, 2.75) is 80.1 Å². The van der Waals surface area contributed by atoms with Gasteiger partial charge in [0.2, 0.25) is 0 Å². The summed E-state index contributed by atoms with van der Waals surface area (Å²) in [5.41, 5.74) is 3.40. The molecule has 4 atom stereocenters. The van der Waals surface area contributed by atoms with E-state index in [1.807, 2.05) is 6.92 Å². The largest absolute Gasteiger partial charge is 0.478 e. The fourth-order valence-corrected chi connectivity index (χ4v) is 5.53. The Morgan fingerprint density at radius 3 is 2.61 bits per heavy atom. The fourth-order valence-electron chi connectivity index (χ4n) is 5.53. The second-order valence-corrected chi connectivity index (χ2v) is 8.78. The van der Waals surface area contributed by atoms with Gasteiger partial charge < -0.3 is 5.11 Å². The molecule has 0 heterocycles. The van der Waals surface area contributed by atoms with Crippen LogP contribution in [0.1, 0.15) is 80.1 Å². The molecule has 23 heavy (non-hydrogen) atoms. The molecule has 0 aromatic heterocycles. The Labute approximate surface area is 142 Å². The third-order valence-corrected chi connectivity index (χ3v) is 8.02. The molecule has 2 aliphatic carbocycles. The predicted octanol–water partition coefficient (Wildman–Crippen LogP) is 5.99. The highest BCUT2D eigenvalue weighted by molar-refractivity contribution is 5.80. The van der Waals surface area contributed by atoms with Crippen molar-refractivity contribution >= 4 is 5.97 Å². The lowest BCUT2D eigenvalue weighted by molar-refractivity contribution is -0.131. The molecule has 2 aliphatic rings. The molecule has 1 saturated carbocycles. The maximum Gasteiger partial charge on any atom is 0.328 e. The summed E-state index contributed by atoms with van der Waals surface area (Å²) in [6, 6.07) is 0. The highest BCUT2D eigenvalue weighted by Crippen LogP contribution is 2.69. The van der Waals surface area contributed by atoms with Crippen LogP contribution in [-0.2, 0) is 4.79 Å². The third kappa shape index (κ3) is 2.79. The van der Waals surface area contributed by atoms with Gasteiger partial charge in [-0.15, -0.1) is 0 Å². The van der Waals surface area contributed by atoms with Crippen molar-refractivity contribution in [3.8, 4) is 0 Å². The summed E-state index contributed by atoms with van der Waals surface area (Å²) in [5.74, 6) is -0.138. The summed E-state index contributed by atoms with van der Waals surface area (Å²) < 4.78 is 0. The first-order chi connectivity index (χ1) is 10.6. The van der Waals surface area contributed by atoms with Crippen LogP contribution in [0.15, 0.2) is 23.3 Å². The quantitative estimate of drug-likeness (QED) is 0.511. The summed E-state index contributed by atoms with van der Waals surface area (Å²) >= 11 is 0. The monoisotopic (exact) mass is 318 g/mol. The number of carbonyl (C=O) groups is 1. The van der Waals surface area contributed by atoms with Gasteiger partial charge in [-0.1, -0.05) is 44.9 Å². The first-order valence-electron chi connectivity index (χ1n) is 9.14. The maximum atomic E-state index is 10.9. The van der Waals surface area contributed by atoms with E-state index in [0.29, 0.717) is 11.3 Å². The average molecular weight is 319 g/mol. The fraction of sp³-hybridized carbons (Fsp3) is 0.762. The molecule has 0 spiro atoms. The van der Waals surface area contributed by atoms with Crippen LogP contribution in [0.3, 0.4) is 0 Å². The summed E-state index contributed by atoms with van der Waals surface area (Å²) in [6.45, 7) is 14.1. The van der Waals surface area contributed by atoms with Gasteiger partial charge in [0.1, 0.15) is 0 Å². The van der Waals surface area contributed by atoms with Crippen LogP contribution in [0.4, 0.5) is 0 Å². The smallest absolute Gasteiger partial charge is 0.328 e. The maximum absolute atomic E-state index is 10.9. The van der Waals surface area contributed by atoms with Gasteiger partial charge >= 0.3 is 5.97 Å². The Hall–Kier alpha value is -1.05. The molecule has 2 nitrogen and oxygen atoms in total. The van der Waals surface area contributed by atoms with Gasteiger partial charge in [-0.2, -0.15) is 0 Å². The van der Waals surface area contributed by atoms with E-state index in [9.17, 15) is 4.79 Å². The zero-order chi connectivity index (χ0) is 17.5. The number of aliphatic carboxylic acids is 1. The molecule has 0 radical (unpaired) electrons. The topological polar surface area (TPSA) is 37.3 Å². The molecule has 0 aliphatic heterocycles. The van der Waals surface area contributed by atoms with E-state index in [2.05, 4.69) is 40.7 Å². The van der Waals surface area contributed by atoms with Crippen LogP contribution >= 0.6 is 0 Å². The summed E-state index contributed by atoms with van der Waals surface area (Å²) in [7, 11) is 0. The normalized spacial score (nSPS) is 41.2. The predicted molar refractivity (Wildman–Crippen MR) is 96.3 cm³/mol. The van der Waals surface area contributed by atoms with Gasteiger partial charge in [-0.3, -0.25) is 0 Å². The molecular weight excluding hydrogens is 284 g/mol. The summed E-state index contributed by atoms with van der Waals surface area (Å²) in [4.78, 5) is 10.9. The first kappa shape index (κ1) is 18.3. The average Bonchev–Trinajstić information content (AvgIpc) is 2.46. The van der Waals surface area contributed by atoms with E-state index < -0.39 is 5.97 Å². The Balaban J connectivity index is 2.34. The van der Waals surface area contributed by atoms with Gasteiger partial charge in [-0.25, -0.2) is 4.79 Å². The van der Waals surface area contributed by atoms with Crippen molar-refractivity contribution in [3.63, 3.8) is 0 Å². The minimum absolute atomic E-state index is 0.253. The first-order valence-corrected chi connectivity index (χ1v) is 9.14. The number of hydrogen-bond donors (Lipinski definition) is 1. The summed E-state index contributed by atoms with van der Waals surface area (Å²) in [5, 5.41) is 8.97. The highest BCUT2D eigenvalue weighted by atomic mass is 16.4. The van der Waals surface area contributed by atoms with Crippen molar-refractivity contribution in [3.05, 3.63) is 23.3 Å². The van der Waals surface area contributed by atoms with Crippen molar-refractivity contribution < 1.29 is 9.90 Å². The van der Waals surface area contributed by atoms with Gasteiger partial charge in [0.15, 0.2) is 0 Å². The minimum Gasteiger partial charge on any atom is -0.478 e. The van der Waals surface area contributed by atoms with Crippen LogP contribution in [0, 0.1) is 22.2 Å². The van der Waals surface area contributed by atoms with E-state index in [4.69, 9.17) is 5.11 Å². The van der Waals surface area contributed by atoms with E-state index >= 15 is 0 Å². The molecule has 0 aromatic rings. The van der Waals surface area contributed by atoms with Crippen LogP contribution in [0.5, 0.6) is 0 Å². The molecule has 0 bridgehead atoms. The molecular formula is C21H34O2. The van der Waals surface area contributed by atoms with Crippen LogP contribution in [0.25, 0.3) is 0 Å². The van der Waals surface area contributed by atoms with Crippen LogP contribution in [-0.4, -0.2) is 11.1 Å². The number of allylic oxidation sites excluding steroid dienone is 3. The molecule has 0 saturated heterocycles. The van der Waals surface area contributed by atoms with Gasteiger partial charge in [-0.05, 0) is 74.5 Å². The second kappa shape index (κ2) is 6.11. The number of carboxylic acids is 1. The van der Waals surface area contributed by atoms with Crippen LogP contribution in [0.2, 0.25) is 0 Å². The van der Waals surface area contributed by atoms with Gasteiger partial charge in [0, 0.05) is 6.08 Å². The van der Waals surface area contributed by atoms with Crippen molar-refractivity contribution in [2.24, 2.45) is 22.2 Å². The molecule has 2 heteroatoms. The molecule has 2 rings (SSSR count). The van der Waals surface area contributed by atoms with Crippen LogP contribution < -0.4 is 0 Å². The number of rotatable bonds is 4. The number of hydrogen-bond acceptors (Lipinski definition) is 1. The lowest BCUT2D eigenvalue weighted by Gasteiger charge is -2.65. The standard InChI is InChI=1S/C21H34O2/c1-15(14-18(22)23)9-12-19(4)17(3)10-13-20(5)16(2)8-7-11-21(19,20)6/h8,14,17H,7,9-13H2,1-6H3,(H,22,23)/b15-14+/t17-,19+,20-,21-/m1/s1. The third-order valence-electron chi connectivity index (χ3n) is 8.02. The lowest BCUT2D eigenvalue weighted by Crippen LogP contribution is -2.57. The summed E-state index contributed by atoms with van der Waals surface area (Å²) in [6.07, 6.45) is 10.8. The SMILES string of the molecule is CC1=CCC[C@]2(C)[C@@](C)(CC/C(C)=C/C(=O)O)[C@H](C)CC[C@]12C. The molecule has 0 unspecified atom stereocenters. The molecule has 0 aromatic carbocycles.